The fourth-order valence-electron chi connectivity index (χ4n) is 1.42. The minimum Gasteiger partial charge on any atom is -0.481 e. The number of hydrogen-bond donors (Lipinski definition) is 1. The van der Waals surface area contributed by atoms with Crippen LogP contribution in [0.15, 0.2) is 36.4 Å². The first-order valence-electron chi connectivity index (χ1n) is 6.18. The van der Waals surface area contributed by atoms with E-state index < -0.39 is 30.4 Å². The van der Waals surface area contributed by atoms with Gasteiger partial charge in [0, 0.05) is 5.57 Å². The number of esters is 2. The van der Waals surface area contributed by atoms with Crippen molar-refractivity contribution in [2.24, 2.45) is 0 Å². The highest BCUT2D eigenvalue weighted by atomic mass is 16.6. The maximum atomic E-state index is 11.8. The highest BCUT2D eigenvalue weighted by Crippen LogP contribution is 2.14. The zero-order valence-corrected chi connectivity index (χ0v) is 11.8. The summed E-state index contributed by atoms with van der Waals surface area (Å²) in [6.45, 7) is 6.48. The second-order valence-electron chi connectivity index (χ2n) is 4.46. The third-order valence-electron chi connectivity index (χ3n) is 2.48. The van der Waals surface area contributed by atoms with E-state index >= 15 is 0 Å². The lowest BCUT2D eigenvalue weighted by atomic mass is 10.2. The molecule has 6 nitrogen and oxygen atoms in total. The number of carboxylic acids is 1. The van der Waals surface area contributed by atoms with Crippen molar-refractivity contribution in [3.05, 3.63) is 42.0 Å². The molecular weight excluding hydrogens is 276 g/mol. The molecule has 0 spiro atoms. The van der Waals surface area contributed by atoms with Crippen LogP contribution in [0.4, 0.5) is 0 Å². The molecule has 1 aromatic rings. The third kappa shape index (κ3) is 5.48. The molecule has 0 aliphatic heterocycles. The molecule has 0 amide bonds. The molecule has 0 saturated heterocycles. The van der Waals surface area contributed by atoms with Crippen LogP contribution in [0.5, 0.6) is 5.75 Å². The Morgan fingerprint density at radius 3 is 2.57 bits per heavy atom. The van der Waals surface area contributed by atoms with Gasteiger partial charge in [0.2, 0.25) is 0 Å². The van der Waals surface area contributed by atoms with Gasteiger partial charge in [-0.2, -0.15) is 0 Å². The quantitative estimate of drug-likeness (QED) is 0.489. The van der Waals surface area contributed by atoms with Gasteiger partial charge in [0.05, 0.1) is 6.42 Å². The normalized spacial score (nSPS) is 11.3. The van der Waals surface area contributed by atoms with Gasteiger partial charge < -0.3 is 14.6 Å². The van der Waals surface area contributed by atoms with E-state index in [0.29, 0.717) is 5.75 Å². The lowest BCUT2D eigenvalue weighted by molar-refractivity contribution is -0.158. The number of hydrogen-bond acceptors (Lipinski definition) is 5. The number of ether oxygens (including phenoxy) is 2. The highest BCUT2D eigenvalue weighted by molar-refractivity contribution is 5.94. The van der Waals surface area contributed by atoms with Crippen LogP contribution < -0.4 is 4.74 Å². The molecule has 112 valence electrons. The first-order chi connectivity index (χ1) is 9.79. The number of carbonyl (C=O) groups excluding carboxylic acids is 2. The molecule has 1 N–H and O–H groups in total. The Labute approximate surface area is 122 Å². The van der Waals surface area contributed by atoms with Gasteiger partial charge in [-0.3, -0.25) is 4.79 Å². The topological polar surface area (TPSA) is 89.9 Å². The van der Waals surface area contributed by atoms with Gasteiger partial charge in [0.15, 0.2) is 6.10 Å². The first kappa shape index (κ1) is 16.4. The minimum atomic E-state index is -1.20. The van der Waals surface area contributed by atoms with E-state index in [1.54, 1.807) is 18.2 Å². The molecule has 21 heavy (non-hydrogen) atoms. The van der Waals surface area contributed by atoms with E-state index in [0.717, 1.165) is 5.56 Å². The van der Waals surface area contributed by atoms with Crippen molar-refractivity contribution in [2.75, 3.05) is 0 Å². The van der Waals surface area contributed by atoms with Gasteiger partial charge in [-0.25, -0.2) is 9.59 Å². The highest BCUT2D eigenvalue weighted by Gasteiger charge is 2.22. The van der Waals surface area contributed by atoms with Crippen LogP contribution in [0, 0.1) is 6.92 Å². The molecule has 0 bridgehead atoms. The smallest absolute Gasteiger partial charge is 0.352 e. The van der Waals surface area contributed by atoms with E-state index in [4.69, 9.17) is 14.6 Å². The summed E-state index contributed by atoms with van der Waals surface area (Å²) in [6, 6.07) is 6.83. The summed E-state index contributed by atoms with van der Waals surface area (Å²) in [5, 5.41) is 8.54. The van der Waals surface area contributed by atoms with E-state index in [1.165, 1.54) is 6.92 Å². The van der Waals surface area contributed by atoms with Gasteiger partial charge >= 0.3 is 17.9 Å². The number of aryl methyl sites for hydroxylation is 1. The van der Waals surface area contributed by atoms with Crippen LogP contribution in [-0.2, 0) is 19.1 Å². The van der Waals surface area contributed by atoms with Gasteiger partial charge in [-0.15, -0.1) is 0 Å². The minimum absolute atomic E-state index is 0.238. The van der Waals surface area contributed by atoms with Gasteiger partial charge in [0.25, 0.3) is 0 Å². The summed E-state index contributed by atoms with van der Waals surface area (Å²) in [5.41, 5.74) is 0.678. The zero-order valence-electron chi connectivity index (χ0n) is 11.8. The average molecular weight is 292 g/mol. The molecule has 0 fully saturated rings. The Hall–Kier alpha value is -2.63. The van der Waals surface area contributed by atoms with Crippen LogP contribution in [0.3, 0.4) is 0 Å². The van der Waals surface area contributed by atoms with Crippen LogP contribution in [-0.4, -0.2) is 29.1 Å². The van der Waals surface area contributed by atoms with E-state index in [1.807, 2.05) is 13.0 Å². The predicted molar refractivity (Wildman–Crippen MR) is 73.8 cm³/mol. The van der Waals surface area contributed by atoms with Gasteiger partial charge in [-0.1, -0.05) is 18.7 Å². The van der Waals surface area contributed by atoms with E-state index in [-0.39, 0.29) is 5.57 Å². The Morgan fingerprint density at radius 2 is 2.00 bits per heavy atom. The van der Waals surface area contributed by atoms with Gasteiger partial charge in [-0.05, 0) is 31.5 Å². The molecule has 0 aromatic heterocycles. The van der Waals surface area contributed by atoms with E-state index in [9.17, 15) is 14.4 Å². The fraction of sp³-hybridized carbons (Fsp3) is 0.267. The van der Waals surface area contributed by atoms with Crippen molar-refractivity contribution in [3.63, 3.8) is 0 Å². The molecule has 6 heteroatoms. The van der Waals surface area contributed by atoms with Crippen molar-refractivity contribution < 1.29 is 29.0 Å². The van der Waals surface area contributed by atoms with E-state index in [2.05, 4.69) is 6.58 Å². The first-order valence-corrected chi connectivity index (χ1v) is 6.18. The standard InChI is InChI=1S/C15H16O6/c1-9-5-4-6-12(7-9)21-15(19)11(3)20-14(18)10(2)8-13(16)17/h4-7,11H,2,8H2,1,3H3,(H,16,17). The Kier molecular flexibility index (Phi) is 5.66. The maximum Gasteiger partial charge on any atom is 0.352 e. The third-order valence-corrected chi connectivity index (χ3v) is 2.48. The lowest BCUT2D eigenvalue weighted by Gasteiger charge is -2.13. The van der Waals surface area contributed by atoms with Crippen LogP contribution >= 0.6 is 0 Å². The average Bonchev–Trinajstić information content (AvgIpc) is 2.37. The van der Waals surface area contributed by atoms with Crippen molar-refractivity contribution in [2.45, 2.75) is 26.4 Å². The molecule has 0 saturated carbocycles. The largest absolute Gasteiger partial charge is 0.481 e. The van der Waals surface area contributed by atoms with Crippen LogP contribution in [0.2, 0.25) is 0 Å². The van der Waals surface area contributed by atoms with Crippen molar-refractivity contribution in [1.29, 1.82) is 0 Å². The number of carbonyl (C=O) groups is 3. The van der Waals surface area contributed by atoms with Crippen molar-refractivity contribution >= 4 is 17.9 Å². The number of benzene rings is 1. The molecule has 0 radical (unpaired) electrons. The lowest BCUT2D eigenvalue weighted by Crippen LogP contribution is -2.29. The summed E-state index contributed by atoms with van der Waals surface area (Å²) in [5.74, 6) is -2.55. The molecular formula is C15H16O6. The van der Waals surface area contributed by atoms with Crippen molar-refractivity contribution in [3.8, 4) is 5.75 Å². The predicted octanol–water partition coefficient (Wildman–Crippen LogP) is 1.86. The molecule has 1 atom stereocenters. The summed E-state index contributed by atoms with van der Waals surface area (Å²) >= 11 is 0. The molecule has 1 aromatic carbocycles. The summed E-state index contributed by atoms with van der Waals surface area (Å²) < 4.78 is 9.86. The number of carboxylic acid groups (broad SMARTS) is 1. The molecule has 0 aliphatic rings. The fourth-order valence-corrected chi connectivity index (χ4v) is 1.42. The summed E-state index contributed by atoms with van der Waals surface area (Å²) in [4.78, 5) is 33.7. The van der Waals surface area contributed by atoms with Gasteiger partial charge in [0.1, 0.15) is 5.75 Å². The monoisotopic (exact) mass is 292 g/mol. The molecule has 0 aliphatic carbocycles. The molecule has 1 rings (SSSR count). The Balaban J connectivity index is 2.57. The second-order valence-corrected chi connectivity index (χ2v) is 4.46. The SMILES string of the molecule is C=C(CC(=O)O)C(=O)OC(C)C(=O)Oc1cccc(C)c1. The Bertz CT molecular complexity index is 575. The summed E-state index contributed by atoms with van der Waals surface area (Å²) in [6.07, 6.45) is -1.71. The van der Waals surface area contributed by atoms with Crippen molar-refractivity contribution in [1.82, 2.24) is 0 Å². The van der Waals surface area contributed by atoms with Crippen LogP contribution in [0.25, 0.3) is 0 Å². The number of rotatable bonds is 6. The second kappa shape index (κ2) is 7.23. The number of aliphatic carboxylic acids is 1. The Morgan fingerprint density at radius 1 is 1.33 bits per heavy atom. The molecule has 0 heterocycles. The summed E-state index contributed by atoms with van der Waals surface area (Å²) in [7, 11) is 0. The molecule has 1 unspecified atom stereocenters. The van der Waals surface area contributed by atoms with Crippen LogP contribution in [0.1, 0.15) is 18.9 Å². The zero-order chi connectivity index (χ0) is 16.0. The maximum absolute atomic E-state index is 11.8.